The Balaban J connectivity index is 1.44. The van der Waals surface area contributed by atoms with E-state index in [1.54, 1.807) is 12.1 Å². The van der Waals surface area contributed by atoms with Gasteiger partial charge in [-0.1, -0.05) is 12.1 Å². The molecule has 0 aliphatic carbocycles. The second-order valence-corrected chi connectivity index (χ2v) is 7.42. The Morgan fingerprint density at radius 3 is 2.28 bits per heavy atom. The first kappa shape index (κ1) is 20.9. The van der Waals surface area contributed by atoms with Gasteiger partial charge in [-0.25, -0.2) is 4.79 Å². The molecule has 1 heterocycles. The lowest BCUT2D eigenvalue weighted by atomic mass is 10.1. The van der Waals surface area contributed by atoms with Crippen molar-refractivity contribution in [2.75, 3.05) is 29.9 Å². The third-order valence-corrected chi connectivity index (χ3v) is 4.73. The molecule has 6 heteroatoms. The predicted octanol–water partition coefficient (Wildman–Crippen LogP) is 4.01. The Labute approximate surface area is 171 Å². The highest BCUT2D eigenvalue weighted by molar-refractivity contribution is 5.95. The van der Waals surface area contributed by atoms with E-state index in [0.717, 1.165) is 24.3 Å². The highest BCUT2D eigenvalue weighted by atomic mass is 16.5. The molecule has 2 aromatic carbocycles. The van der Waals surface area contributed by atoms with Crippen LogP contribution >= 0.6 is 0 Å². The van der Waals surface area contributed by atoms with Gasteiger partial charge in [-0.15, -0.1) is 0 Å². The number of carbonyl (C=O) groups is 2. The maximum Gasteiger partial charge on any atom is 0.338 e. The summed E-state index contributed by atoms with van der Waals surface area (Å²) in [6, 6.07) is 14.7. The molecule has 6 nitrogen and oxygen atoms in total. The number of carbonyl (C=O) groups excluding carboxylic acids is 2. The number of hydrogen-bond acceptors (Lipinski definition) is 5. The molecule has 29 heavy (non-hydrogen) atoms. The van der Waals surface area contributed by atoms with E-state index in [4.69, 9.17) is 9.47 Å². The summed E-state index contributed by atoms with van der Waals surface area (Å²) < 4.78 is 10.6. The van der Waals surface area contributed by atoms with Crippen molar-refractivity contribution in [2.45, 2.75) is 39.4 Å². The third-order valence-electron chi connectivity index (χ3n) is 4.73. The number of hydrogen-bond donors (Lipinski definition) is 1. The largest absolute Gasteiger partial charge is 0.452 e. The average Bonchev–Trinajstić information content (AvgIpc) is 3.26. The second-order valence-electron chi connectivity index (χ2n) is 7.42. The van der Waals surface area contributed by atoms with Gasteiger partial charge in [0.15, 0.2) is 6.61 Å². The fourth-order valence-electron chi connectivity index (χ4n) is 3.14. The molecule has 1 aliphatic rings. The lowest BCUT2D eigenvalue weighted by Crippen LogP contribution is -2.21. The van der Waals surface area contributed by atoms with Crippen LogP contribution in [0.4, 0.5) is 11.4 Å². The minimum Gasteiger partial charge on any atom is -0.452 e. The fraction of sp³-hybridized carbons (Fsp3) is 0.391. The number of nitrogens with zero attached hydrogens (tertiary/aromatic N) is 1. The maximum absolute atomic E-state index is 12.1. The number of benzene rings is 2. The van der Waals surface area contributed by atoms with Crippen LogP contribution in [-0.4, -0.2) is 37.7 Å². The van der Waals surface area contributed by atoms with Crippen molar-refractivity contribution in [3.05, 3.63) is 59.7 Å². The maximum atomic E-state index is 12.1. The fourth-order valence-corrected chi connectivity index (χ4v) is 3.14. The Hall–Kier alpha value is -2.86. The van der Waals surface area contributed by atoms with Gasteiger partial charge in [0.05, 0.1) is 18.3 Å². The first-order valence-electron chi connectivity index (χ1n) is 10.0. The van der Waals surface area contributed by atoms with Crippen LogP contribution in [0.1, 0.15) is 42.6 Å². The summed E-state index contributed by atoms with van der Waals surface area (Å²) in [6.45, 7) is 6.26. The number of nitrogens with one attached hydrogen (secondary N) is 1. The molecule has 3 rings (SSSR count). The van der Waals surface area contributed by atoms with Gasteiger partial charge in [0.25, 0.3) is 5.91 Å². The molecular formula is C23H28N2O4. The highest BCUT2D eigenvalue weighted by Crippen LogP contribution is 2.22. The van der Waals surface area contributed by atoms with Crippen LogP contribution < -0.4 is 10.2 Å². The van der Waals surface area contributed by atoms with Gasteiger partial charge >= 0.3 is 5.97 Å². The Morgan fingerprint density at radius 1 is 1.00 bits per heavy atom. The Bertz CT molecular complexity index is 810. The van der Waals surface area contributed by atoms with E-state index < -0.39 is 5.97 Å². The van der Waals surface area contributed by atoms with Gasteiger partial charge in [-0.05, 0) is 68.7 Å². The molecule has 1 amide bonds. The smallest absolute Gasteiger partial charge is 0.338 e. The molecule has 154 valence electrons. The van der Waals surface area contributed by atoms with Crippen molar-refractivity contribution in [3.63, 3.8) is 0 Å². The molecule has 0 radical (unpaired) electrons. The molecule has 2 aromatic rings. The van der Waals surface area contributed by atoms with E-state index in [0.29, 0.717) is 17.9 Å². The minimum atomic E-state index is -0.527. The van der Waals surface area contributed by atoms with Crippen molar-refractivity contribution in [3.8, 4) is 0 Å². The number of anilines is 2. The van der Waals surface area contributed by atoms with Crippen molar-refractivity contribution < 1.29 is 19.1 Å². The van der Waals surface area contributed by atoms with Gasteiger partial charge in [0.2, 0.25) is 0 Å². The summed E-state index contributed by atoms with van der Waals surface area (Å²) >= 11 is 0. The lowest BCUT2D eigenvalue weighted by molar-refractivity contribution is -0.119. The molecule has 1 aliphatic heterocycles. The summed E-state index contributed by atoms with van der Waals surface area (Å²) in [5.41, 5.74) is 3.23. The summed E-state index contributed by atoms with van der Waals surface area (Å²) in [4.78, 5) is 26.5. The third kappa shape index (κ3) is 6.32. The number of esters is 1. The molecule has 0 spiro atoms. The highest BCUT2D eigenvalue weighted by Gasteiger charge is 2.13. The van der Waals surface area contributed by atoms with Crippen LogP contribution in [0, 0.1) is 0 Å². The monoisotopic (exact) mass is 396 g/mol. The van der Waals surface area contributed by atoms with E-state index in [1.807, 2.05) is 50.2 Å². The van der Waals surface area contributed by atoms with Gasteiger partial charge < -0.3 is 19.7 Å². The van der Waals surface area contributed by atoms with Crippen LogP contribution in [0.2, 0.25) is 0 Å². The normalized spacial score (nSPS) is 13.6. The topological polar surface area (TPSA) is 67.9 Å². The van der Waals surface area contributed by atoms with E-state index in [2.05, 4.69) is 10.2 Å². The van der Waals surface area contributed by atoms with E-state index >= 15 is 0 Å². The molecule has 1 saturated heterocycles. The number of amides is 1. The molecule has 0 bridgehead atoms. The van der Waals surface area contributed by atoms with Gasteiger partial charge in [-0.3, -0.25) is 4.79 Å². The molecular weight excluding hydrogens is 368 g/mol. The summed E-state index contributed by atoms with van der Waals surface area (Å²) in [6.07, 6.45) is 2.59. The molecule has 1 N–H and O–H groups in total. The van der Waals surface area contributed by atoms with Crippen LogP contribution in [0.3, 0.4) is 0 Å². The minimum absolute atomic E-state index is 0.148. The SMILES string of the molecule is CC(C)OCc1ccc(C(=O)OCC(=O)Nc2ccc(N3CCCC3)cc2)cc1. The van der Waals surface area contributed by atoms with Crippen LogP contribution in [-0.2, 0) is 20.9 Å². The van der Waals surface area contributed by atoms with Crippen LogP contribution in [0.15, 0.2) is 48.5 Å². The second kappa shape index (κ2) is 10.1. The lowest BCUT2D eigenvalue weighted by Gasteiger charge is -2.17. The van der Waals surface area contributed by atoms with Crippen molar-refractivity contribution in [1.82, 2.24) is 0 Å². The predicted molar refractivity (Wildman–Crippen MR) is 113 cm³/mol. The zero-order valence-corrected chi connectivity index (χ0v) is 17.0. The summed E-state index contributed by atoms with van der Waals surface area (Å²) in [7, 11) is 0. The number of rotatable bonds is 8. The molecule has 0 saturated carbocycles. The van der Waals surface area contributed by atoms with Crippen molar-refractivity contribution in [1.29, 1.82) is 0 Å². The number of ether oxygens (including phenoxy) is 2. The standard InChI is InChI=1S/C23H28N2O4/c1-17(2)28-15-18-5-7-19(8-6-18)23(27)29-16-22(26)24-20-9-11-21(12-10-20)25-13-3-4-14-25/h5-12,17H,3-4,13-16H2,1-2H3,(H,24,26). The first-order chi connectivity index (χ1) is 14.0. The zero-order valence-electron chi connectivity index (χ0n) is 17.0. The van der Waals surface area contributed by atoms with Crippen molar-refractivity contribution in [2.24, 2.45) is 0 Å². The summed E-state index contributed by atoms with van der Waals surface area (Å²) in [5.74, 6) is -0.893. The Kier molecular flexibility index (Phi) is 7.25. The molecule has 1 fully saturated rings. The van der Waals surface area contributed by atoms with E-state index in [1.165, 1.54) is 12.8 Å². The molecule has 0 aromatic heterocycles. The van der Waals surface area contributed by atoms with Gasteiger partial charge in [-0.2, -0.15) is 0 Å². The quantitative estimate of drug-likeness (QED) is 0.683. The first-order valence-corrected chi connectivity index (χ1v) is 10.0. The molecule has 0 atom stereocenters. The molecule has 0 unspecified atom stereocenters. The van der Waals surface area contributed by atoms with Crippen molar-refractivity contribution >= 4 is 23.3 Å². The zero-order chi connectivity index (χ0) is 20.6. The Morgan fingerprint density at radius 2 is 1.66 bits per heavy atom. The average molecular weight is 396 g/mol. The van der Waals surface area contributed by atoms with Crippen LogP contribution in [0.25, 0.3) is 0 Å². The van der Waals surface area contributed by atoms with E-state index in [9.17, 15) is 9.59 Å². The van der Waals surface area contributed by atoms with Crippen LogP contribution in [0.5, 0.6) is 0 Å². The van der Waals surface area contributed by atoms with Gasteiger partial charge in [0.1, 0.15) is 0 Å². The summed E-state index contributed by atoms with van der Waals surface area (Å²) in [5, 5.41) is 2.75. The van der Waals surface area contributed by atoms with E-state index in [-0.39, 0.29) is 18.6 Å². The van der Waals surface area contributed by atoms with Gasteiger partial charge in [0, 0.05) is 24.5 Å².